The summed E-state index contributed by atoms with van der Waals surface area (Å²) in [4.78, 5) is 2.94. The molecule has 0 spiro atoms. The number of hydrogen-bond donors (Lipinski definition) is 1. The Morgan fingerprint density at radius 3 is 2.56 bits per heavy atom. The first-order chi connectivity index (χ1) is 8.90. The lowest BCUT2D eigenvalue weighted by molar-refractivity contribution is -0.0316. The highest BCUT2D eigenvalue weighted by Crippen LogP contribution is 2.41. The Balaban J connectivity index is 1.60. The lowest BCUT2D eigenvalue weighted by atomic mass is 9.72. The first-order valence-electron chi connectivity index (χ1n) is 8.36. The maximum Gasteiger partial charge on any atom is 0.0139 e. The summed E-state index contributed by atoms with van der Waals surface area (Å²) in [5.74, 6) is 2.00. The number of piperidine rings is 1. The monoisotopic (exact) mass is 250 g/mol. The predicted molar refractivity (Wildman–Crippen MR) is 76.7 cm³/mol. The second kappa shape index (κ2) is 5.92. The Hall–Kier alpha value is -0.0800. The SMILES string of the molecule is CCNCC1CCC1N1CCC[C@H]2CCCC[C@H]21. The van der Waals surface area contributed by atoms with Gasteiger partial charge in [-0.15, -0.1) is 0 Å². The fraction of sp³-hybridized carbons (Fsp3) is 1.00. The minimum atomic E-state index is 0.926. The summed E-state index contributed by atoms with van der Waals surface area (Å²) in [7, 11) is 0. The summed E-state index contributed by atoms with van der Waals surface area (Å²) in [5, 5.41) is 3.56. The Kier molecular flexibility index (Phi) is 4.25. The average molecular weight is 250 g/mol. The van der Waals surface area contributed by atoms with Crippen molar-refractivity contribution in [3.05, 3.63) is 0 Å². The third-order valence-corrected chi connectivity index (χ3v) is 5.75. The van der Waals surface area contributed by atoms with Crippen LogP contribution in [0, 0.1) is 11.8 Å². The van der Waals surface area contributed by atoms with Crippen molar-refractivity contribution in [1.29, 1.82) is 0 Å². The molecule has 3 rings (SSSR count). The van der Waals surface area contributed by atoms with Gasteiger partial charge in [-0.2, -0.15) is 0 Å². The van der Waals surface area contributed by atoms with Crippen LogP contribution in [0.2, 0.25) is 0 Å². The molecule has 2 unspecified atom stereocenters. The minimum Gasteiger partial charge on any atom is -0.317 e. The van der Waals surface area contributed by atoms with E-state index in [4.69, 9.17) is 0 Å². The normalized spacial score (nSPS) is 41.2. The molecule has 2 saturated carbocycles. The lowest BCUT2D eigenvalue weighted by Gasteiger charge is -2.53. The van der Waals surface area contributed by atoms with Gasteiger partial charge < -0.3 is 5.32 Å². The molecular weight excluding hydrogens is 220 g/mol. The topological polar surface area (TPSA) is 15.3 Å². The summed E-state index contributed by atoms with van der Waals surface area (Å²) < 4.78 is 0. The number of rotatable bonds is 4. The van der Waals surface area contributed by atoms with Gasteiger partial charge in [0.1, 0.15) is 0 Å². The van der Waals surface area contributed by atoms with Crippen LogP contribution < -0.4 is 5.32 Å². The highest BCUT2D eigenvalue weighted by molar-refractivity contribution is 4.97. The standard InChI is InChI=1S/C16H30N2/c1-2-17-12-14-9-10-16(14)18-11-5-7-13-6-3-4-8-15(13)18/h13-17H,2-12H2,1H3/t13-,14?,15-,16?/m1/s1. The van der Waals surface area contributed by atoms with Gasteiger partial charge in [0.05, 0.1) is 0 Å². The molecule has 104 valence electrons. The maximum absolute atomic E-state index is 3.56. The molecule has 1 heterocycles. The Labute approximate surface area is 113 Å². The van der Waals surface area contributed by atoms with Crippen molar-refractivity contribution in [2.75, 3.05) is 19.6 Å². The summed E-state index contributed by atoms with van der Waals surface area (Å²) in [5.41, 5.74) is 0. The van der Waals surface area contributed by atoms with Crippen molar-refractivity contribution >= 4 is 0 Å². The van der Waals surface area contributed by atoms with Crippen LogP contribution in [0.15, 0.2) is 0 Å². The van der Waals surface area contributed by atoms with Gasteiger partial charge >= 0.3 is 0 Å². The molecule has 0 aromatic rings. The summed E-state index contributed by atoms with van der Waals surface area (Å²) in [6.45, 7) is 6.02. The lowest BCUT2D eigenvalue weighted by Crippen LogP contribution is -2.58. The van der Waals surface area contributed by atoms with E-state index in [0.29, 0.717) is 0 Å². The molecule has 4 atom stereocenters. The molecule has 2 heteroatoms. The Bertz CT molecular complexity index is 264. The fourth-order valence-electron chi connectivity index (χ4n) is 4.63. The Morgan fingerprint density at radius 2 is 1.78 bits per heavy atom. The zero-order valence-corrected chi connectivity index (χ0v) is 12.0. The number of fused-ring (bicyclic) bond motifs is 1. The molecule has 0 aromatic carbocycles. The van der Waals surface area contributed by atoms with Crippen molar-refractivity contribution in [3.8, 4) is 0 Å². The average Bonchev–Trinajstić information content (AvgIpc) is 2.38. The van der Waals surface area contributed by atoms with Crippen LogP contribution in [0.25, 0.3) is 0 Å². The van der Waals surface area contributed by atoms with E-state index in [1.807, 2.05) is 0 Å². The van der Waals surface area contributed by atoms with E-state index in [9.17, 15) is 0 Å². The fourth-order valence-corrected chi connectivity index (χ4v) is 4.63. The third-order valence-electron chi connectivity index (χ3n) is 5.75. The molecule has 1 aliphatic heterocycles. The molecule has 1 saturated heterocycles. The van der Waals surface area contributed by atoms with E-state index in [0.717, 1.165) is 30.5 Å². The van der Waals surface area contributed by atoms with Gasteiger partial charge in [-0.25, -0.2) is 0 Å². The molecule has 0 amide bonds. The van der Waals surface area contributed by atoms with Crippen molar-refractivity contribution < 1.29 is 0 Å². The van der Waals surface area contributed by atoms with Crippen molar-refractivity contribution in [3.63, 3.8) is 0 Å². The van der Waals surface area contributed by atoms with Gasteiger partial charge in [-0.1, -0.05) is 19.8 Å². The van der Waals surface area contributed by atoms with Crippen LogP contribution in [0.3, 0.4) is 0 Å². The molecule has 2 aliphatic carbocycles. The quantitative estimate of drug-likeness (QED) is 0.825. The number of likely N-dealkylation sites (tertiary alicyclic amines) is 1. The van der Waals surface area contributed by atoms with E-state index >= 15 is 0 Å². The molecule has 1 N–H and O–H groups in total. The molecule has 2 nitrogen and oxygen atoms in total. The van der Waals surface area contributed by atoms with E-state index in [2.05, 4.69) is 17.1 Å². The van der Waals surface area contributed by atoms with Crippen LogP contribution in [0.1, 0.15) is 58.3 Å². The smallest absolute Gasteiger partial charge is 0.0139 e. The van der Waals surface area contributed by atoms with Crippen LogP contribution in [-0.4, -0.2) is 36.6 Å². The molecule has 0 aromatic heterocycles. The molecule has 3 fully saturated rings. The van der Waals surface area contributed by atoms with E-state index in [1.165, 1.54) is 64.5 Å². The van der Waals surface area contributed by atoms with Crippen LogP contribution in [0.4, 0.5) is 0 Å². The van der Waals surface area contributed by atoms with Crippen molar-refractivity contribution in [2.24, 2.45) is 11.8 Å². The van der Waals surface area contributed by atoms with Crippen LogP contribution >= 0.6 is 0 Å². The Morgan fingerprint density at radius 1 is 0.944 bits per heavy atom. The molecular formula is C16H30N2. The van der Waals surface area contributed by atoms with E-state index < -0.39 is 0 Å². The third kappa shape index (κ3) is 2.46. The summed E-state index contributed by atoms with van der Waals surface area (Å²) in [6.07, 6.45) is 11.9. The van der Waals surface area contributed by atoms with E-state index in [1.54, 1.807) is 0 Å². The summed E-state index contributed by atoms with van der Waals surface area (Å²) in [6, 6.07) is 1.89. The second-order valence-corrected chi connectivity index (χ2v) is 6.70. The van der Waals surface area contributed by atoms with E-state index in [-0.39, 0.29) is 0 Å². The van der Waals surface area contributed by atoms with Gasteiger partial charge in [-0.05, 0) is 70.0 Å². The predicted octanol–water partition coefficient (Wildman–Crippen LogP) is 3.03. The molecule has 0 radical (unpaired) electrons. The largest absolute Gasteiger partial charge is 0.317 e. The maximum atomic E-state index is 3.56. The highest BCUT2D eigenvalue weighted by atomic mass is 15.2. The zero-order valence-electron chi connectivity index (χ0n) is 12.0. The van der Waals surface area contributed by atoms with Gasteiger partial charge in [0.25, 0.3) is 0 Å². The number of nitrogens with one attached hydrogen (secondary N) is 1. The minimum absolute atomic E-state index is 0.926. The van der Waals surface area contributed by atoms with Crippen molar-refractivity contribution in [2.45, 2.75) is 70.4 Å². The van der Waals surface area contributed by atoms with Crippen LogP contribution in [-0.2, 0) is 0 Å². The second-order valence-electron chi connectivity index (χ2n) is 6.70. The first kappa shape index (κ1) is 12.9. The first-order valence-corrected chi connectivity index (χ1v) is 8.36. The zero-order chi connectivity index (χ0) is 12.4. The van der Waals surface area contributed by atoms with Gasteiger partial charge in [0, 0.05) is 12.1 Å². The molecule has 3 aliphatic rings. The van der Waals surface area contributed by atoms with Gasteiger partial charge in [-0.3, -0.25) is 4.90 Å². The van der Waals surface area contributed by atoms with Crippen LogP contribution in [0.5, 0.6) is 0 Å². The number of nitrogens with zero attached hydrogens (tertiary/aromatic N) is 1. The number of hydrogen-bond acceptors (Lipinski definition) is 2. The van der Waals surface area contributed by atoms with Gasteiger partial charge in [0.2, 0.25) is 0 Å². The molecule has 18 heavy (non-hydrogen) atoms. The summed E-state index contributed by atoms with van der Waals surface area (Å²) >= 11 is 0. The highest BCUT2D eigenvalue weighted by Gasteiger charge is 2.42. The molecule has 0 bridgehead atoms. The van der Waals surface area contributed by atoms with Crippen molar-refractivity contribution in [1.82, 2.24) is 10.2 Å². The van der Waals surface area contributed by atoms with Gasteiger partial charge in [0.15, 0.2) is 0 Å².